The minimum absolute atomic E-state index is 0. The first kappa shape index (κ1) is 49.6. The maximum atomic E-state index is 13.7. The summed E-state index contributed by atoms with van der Waals surface area (Å²) >= 11 is 0. The van der Waals surface area contributed by atoms with Crippen molar-refractivity contribution in [1.29, 1.82) is 0 Å². The molecule has 3 rings (SSSR count). The molecule has 1 unspecified atom stereocenters. The molecule has 0 spiro atoms. The molecule has 12 nitrogen and oxygen atoms in total. The molecular weight excluding hydrogens is 839 g/mol. The molecule has 1 atom stereocenters. The number of para-hydroxylation sites is 1. The number of ketones is 1. The molecule has 0 aliphatic carbocycles. The van der Waals surface area contributed by atoms with E-state index in [0.717, 1.165) is 24.2 Å². The van der Waals surface area contributed by atoms with Gasteiger partial charge in [0.15, 0.2) is 12.3 Å². The first-order chi connectivity index (χ1) is 27.2. The van der Waals surface area contributed by atoms with Crippen LogP contribution in [0, 0.1) is 0 Å². The van der Waals surface area contributed by atoms with Crippen LogP contribution in [0.3, 0.4) is 0 Å². The van der Waals surface area contributed by atoms with Crippen LogP contribution in [0.5, 0.6) is 5.75 Å². The van der Waals surface area contributed by atoms with Gasteiger partial charge >= 0.3 is 6.09 Å². The number of carbonyl (C=O) groups excluding carboxylic acids is 5. The molecule has 2 aromatic rings. The van der Waals surface area contributed by atoms with Gasteiger partial charge in [-0.25, -0.2) is 14.3 Å². The summed E-state index contributed by atoms with van der Waals surface area (Å²) in [7, 11) is 2.69. The van der Waals surface area contributed by atoms with E-state index in [1.165, 1.54) is 96.2 Å². The van der Waals surface area contributed by atoms with Crippen molar-refractivity contribution in [2.24, 2.45) is 0 Å². The number of methoxy groups -OCH3 is 2. The Morgan fingerprint density at radius 3 is 1.82 bits per heavy atom. The van der Waals surface area contributed by atoms with Crippen LogP contribution in [0.25, 0.3) is 0 Å². The standard InChI is InChI=1S/C44H67N4O8.HI/c1-5-7-8-9-10-11-12-13-14-15-16-17-18-19-20-28-40(49)46-30-32-47(33-31-46)43(52)41(50)39(55-4)35-56-44(53)48(34-36-25-23-24-29-45(36)6-2)42(51)37-26-21-22-27-38(37)54-3;/h21-27,29,39H,5-20,28,30-35H2,1-4H3;1H/q+1;/p-1. The maximum absolute atomic E-state index is 13.7. The van der Waals surface area contributed by atoms with Crippen LogP contribution in [0.4, 0.5) is 4.79 Å². The molecule has 13 heteroatoms. The molecule has 1 aromatic carbocycles. The molecule has 1 aliphatic rings. The number of ether oxygens (including phenoxy) is 3. The fourth-order valence-electron chi connectivity index (χ4n) is 7.05. The number of amides is 4. The van der Waals surface area contributed by atoms with Gasteiger partial charge in [0.25, 0.3) is 17.6 Å². The Labute approximate surface area is 358 Å². The smallest absolute Gasteiger partial charge is 0.417 e. The minimum Gasteiger partial charge on any atom is -1.00 e. The van der Waals surface area contributed by atoms with Crippen molar-refractivity contribution in [2.75, 3.05) is 47.0 Å². The number of unbranched alkanes of at least 4 members (excludes halogenated alkanes) is 14. The van der Waals surface area contributed by atoms with Gasteiger partial charge in [-0.15, -0.1) is 0 Å². The summed E-state index contributed by atoms with van der Waals surface area (Å²) < 4.78 is 18.0. The predicted octanol–water partition coefficient (Wildman–Crippen LogP) is 4.30. The van der Waals surface area contributed by atoms with Crippen molar-refractivity contribution in [2.45, 2.75) is 136 Å². The average molecular weight is 907 g/mol. The van der Waals surface area contributed by atoms with Crippen molar-refractivity contribution in [3.05, 3.63) is 59.9 Å². The van der Waals surface area contributed by atoms with Gasteiger partial charge < -0.3 is 48.0 Å². The third kappa shape index (κ3) is 17.0. The van der Waals surface area contributed by atoms with Crippen molar-refractivity contribution < 1.29 is 66.7 Å². The van der Waals surface area contributed by atoms with E-state index in [4.69, 9.17) is 14.2 Å². The molecule has 4 amide bonds. The summed E-state index contributed by atoms with van der Waals surface area (Å²) in [6.07, 6.45) is 19.0. The van der Waals surface area contributed by atoms with E-state index in [2.05, 4.69) is 6.92 Å². The molecule has 2 heterocycles. The Morgan fingerprint density at radius 2 is 1.26 bits per heavy atom. The number of hydrogen-bond acceptors (Lipinski definition) is 8. The highest BCUT2D eigenvalue weighted by molar-refractivity contribution is 6.37. The summed E-state index contributed by atoms with van der Waals surface area (Å²) in [5, 5.41) is 0. The van der Waals surface area contributed by atoms with E-state index in [-0.39, 0.29) is 60.8 Å². The first-order valence-electron chi connectivity index (χ1n) is 21.0. The lowest BCUT2D eigenvalue weighted by Gasteiger charge is -2.35. The lowest BCUT2D eigenvalue weighted by atomic mass is 10.0. The highest BCUT2D eigenvalue weighted by Crippen LogP contribution is 2.21. The second kappa shape index (κ2) is 28.8. The summed E-state index contributed by atoms with van der Waals surface area (Å²) in [5.74, 6) is -1.92. The van der Waals surface area contributed by atoms with Gasteiger partial charge in [-0.3, -0.25) is 19.2 Å². The quantitative estimate of drug-likeness (QED) is 0.0593. The monoisotopic (exact) mass is 906 g/mol. The number of carbonyl (C=O) groups is 5. The van der Waals surface area contributed by atoms with Gasteiger partial charge in [-0.1, -0.05) is 115 Å². The summed E-state index contributed by atoms with van der Waals surface area (Å²) in [4.78, 5) is 70.7. The number of pyridine rings is 1. The number of rotatable bonds is 26. The highest BCUT2D eigenvalue weighted by Gasteiger charge is 2.35. The molecule has 1 saturated heterocycles. The van der Waals surface area contributed by atoms with E-state index >= 15 is 0 Å². The second-order valence-electron chi connectivity index (χ2n) is 14.6. The van der Waals surface area contributed by atoms with E-state index < -0.39 is 36.4 Å². The zero-order valence-corrected chi connectivity index (χ0v) is 37.0. The average Bonchev–Trinajstić information content (AvgIpc) is 3.23. The van der Waals surface area contributed by atoms with Gasteiger partial charge in [0.05, 0.1) is 12.7 Å². The number of benzene rings is 1. The molecule has 318 valence electrons. The van der Waals surface area contributed by atoms with E-state index in [1.807, 2.05) is 23.8 Å². The highest BCUT2D eigenvalue weighted by atomic mass is 127. The number of aromatic nitrogens is 1. The molecule has 57 heavy (non-hydrogen) atoms. The third-order valence-electron chi connectivity index (χ3n) is 10.6. The number of halogens is 1. The lowest BCUT2D eigenvalue weighted by molar-refractivity contribution is -0.701. The van der Waals surface area contributed by atoms with Crippen molar-refractivity contribution in [3.63, 3.8) is 0 Å². The largest absolute Gasteiger partial charge is 1.00 e. The SMILES string of the molecule is CCCCCCCCCCCCCCCCCC(=O)N1CCN(C(=O)C(=O)C(COC(=O)N(Cc2cccc[n+]2CC)C(=O)c2ccccc2OC)OC)CC1.[I-]. The Kier molecular flexibility index (Phi) is 25.0. The van der Waals surface area contributed by atoms with Crippen LogP contribution in [0.2, 0.25) is 0 Å². The third-order valence-corrected chi connectivity index (χ3v) is 10.6. The Hall–Kier alpha value is -3.59. The van der Waals surface area contributed by atoms with Crippen LogP contribution >= 0.6 is 0 Å². The van der Waals surface area contributed by atoms with Gasteiger partial charge in [-0.2, -0.15) is 0 Å². The van der Waals surface area contributed by atoms with E-state index in [9.17, 15) is 24.0 Å². The summed E-state index contributed by atoms with van der Waals surface area (Å²) in [5.41, 5.74) is 0.838. The number of hydrogen-bond donors (Lipinski definition) is 0. The van der Waals surface area contributed by atoms with Crippen LogP contribution in [0.1, 0.15) is 133 Å². The number of aryl methyl sites for hydroxylation is 1. The molecule has 1 aromatic heterocycles. The Balaban J connectivity index is 0.0000112. The Bertz CT molecular complexity index is 1520. The molecule has 0 N–H and O–H groups in total. The van der Waals surface area contributed by atoms with E-state index in [0.29, 0.717) is 31.7 Å². The predicted molar refractivity (Wildman–Crippen MR) is 215 cm³/mol. The van der Waals surface area contributed by atoms with Crippen LogP contribution in [-0.4, -0.2) is 97.4 Å². The normalized spacial score (nSPS) is 13.1. The maximum Gasteiger partial charge on any atom is 0.417 e. The molecule has 0 bridgehead atoms. The van der Waals surface area contributed by atoms with Crippen molar-refractivity contribution >= 4 is 29.6 Å². The molecule has 1 aliphatic heterocycles. The summed E-state index contributed by atoms with van der Waals surface area (Å²) in [6, 6.07) is 12.0. The van der Waals surface area contributed by atoms with Crippen LogP contribution < -0.4 is 33.3 Å². The zero-order valence-electron chi connectivity index (χ0n) is 34.9. The van der Waals surface area contributed by atoms with Gasteiger partial charge in [-0.05, 0) is 25.5 Å². The van der Waals surface area contributed by atoms with Crippen LogP contribution in [0.15, 0.2) is 48.7 Å². The number of Topliss-reactive ketones (excluding diaryl/α,β-unsaturated/α-hetero) is 1. The first-order valence-corrected chi connectivity index (χ1v) is 21.0. The molecular formula is C44H67IN4O8. The number of imide groups is 1. The fourth-order valence-corrected chi connectivity index (χ4v) is 7.05. The summed E-state index contributed by atoms with van der Waals surface area (Å²) in [6.45, 7) is 5.26. The van der Waals surface area contributed by atoms with Gasteiger partial charge in [0.1, 0.15) is 25.4 Å². The Morgan fingerprint density at radius 1 is 0.719 bits per heavy atom. The molecule has 1 fully saturated rings. The van der Waals surface area contributed by atoms with Crippen molar-refractivity contribution in [1.82, 2.24) is 14.7 Å². The molecule has 0 radical (unpaired) electrons. The topological polar surface area (TPSA) is 127 Å². The van der Waals surface area contributed by atoms with Crippen molar-refractivity contribution in [3.8, 4) is 5.75 Å². The number of piperazine rings is 1. The molecule has 0 saturated carbocycles. The minimum atomic E-state index is -1.38. The zero-order chi connectivity index (χ0) is 40.5. The lowest BCUT2D eigenvalue weighted by Crippen LogP contribution is -3.00. The van der Waals surface area contributed by atoms with Crippen LogP contribution in [-0.2, 0) is 36.9 Å². The van der Waals surface area contributed by atoms with Gasteiger partial charge in [0, 0.05) is 51.8 Å². The fraction of sp³-hybridized carbons (Fsp3) is 0.636. The van der Waals surface area contributed by atoms with E-state index in [1.54, 1.807) is 41.3 Å². The number of nitrogens with zero attached hydrogens (tertiary/aromatic N) is 4. The second-order valence-corrected chi connectivity index (χ2v) is 14.6. The van der Waals surface area contributed by atoms with Gasteiger partial charge in [0.2, 0.25) is 11.6 Å².